The fourth-order valence-corrected chi connectivity index (χ4v) is 2.68. The van der Waals surface area contributed by atoms with Crippen molar-refractivity contribution in [1.82, 2.24) is 9.97 Å². The molecule has 0 amide bonds. The van der Waals surface area contributed by atoms with Crippen LogP contribution in [0.5, 0.6) is 0 Å². The molecule has 5 N–H and O–H groups in total. The van der Waals surface area contributed by atoms with Crippen LogP contribution in [0.25, 0.3) is 21.8 Å². The molecule has 2 aromatic heterocycles. The van der Waals surface area contributed by atoms with E-state index in [9.17, 15) is 4.79 Å². The van der Waals surface area contributed by atoms with Crippen molar-refractivity contribution in [3.8, 4) is 0 Å². The van der Waals surface area contributed by atoms with Gasteiger partial charge in [0.05, 0.1) is 0 Å². The normalized spacial score (nSPS) is 10.5. The molecule has 5 nitrogen and oxygen atoms in total. The number of nitrogens with one attached hydrogen (secondary N) is 2. The topological polar surface area (TPSA) is 94.9 Å². The van der Waals surface area contributed by atoms with Gasteiger partial charge in [0, 0.05) is 28.0 Å². The molecular formula is C19H19N3O2. The zero-order valence-electron chi connectivity index (χ0n) is 13.1. The summed E-state index contributed by atoms with van der Waals surface area (Å²) in [5.41, 5.74) is 9.09. The molecule has 5 heteroatoms. The summed E-state index contributed by atoms with van der Waals surface area (Å²) in [5.74, 6) is -0.925. The monoisotopic (exact) mass is 321 g/mol. The van der Waals surface area contributed by atoms with E-state index in [0.717, 1.165) is 17.3 Å². The lowest BCUT2D eigenvalue weighted by atomic mass is 10.1. The first-order valence-corrected chi connectivity index (χ1v) is 7.75. The molecule has 2 aromatic carbocycles. The van der Waals surface area contributed by atoms with Crippen molar-refractivity contribution in [3.63, 3.8) is 0 Å². The van der Waals surface area contributed by atoms with E-state index in [1.807, 2.05) is 36.5 Å². The summed E-state index contributed by atoms with van der Waals surface area (Å²) in [5, 5.41) is 10.9. The van der Waals surface area contributed by atoms with E-state index in [1.54, 1.807) is 6.07 Å². The lowest BCUT2D eigenvalue weighted by Crippen LogP contribution is -2.01. The Labute approximate surface area is 139 Å². The molecule has 0 fully saturated rings. The van der Waals surface area contributed by atoms with Gasteiger partial charge >= 0.3 is 5.97 Å². The van der Waals surface area contributed by atoms with Gasteiger partial charge in [0.2, 0.25) is 0 Å². The first kappa shape index (κ1) is 15.8. The Morgan fingerprint density at radius 1 is 1.04 bits per heavy atom. The zero-order chi connectivity index (χ0) is 16.9. The molecular weight excluding hydrogens is 302 g/mol. The molecule has 0 spiro atoms. The SMILES string of the molecule is NCCc1c[nH]c2ccccc12.O=C(O)c1cc2ccccc2[nH]1. The minimum absolute atomic E-state index is 0.233. The van der Waals surface area contributed by atoms with E-state index >= 15 is 0 Å². The maximum absolute atomic E-state index is 10.5. The highest BCUT2D eigenvalue weighted by Crippen LogP contribution is 2.17. The van der Waals surface area contributed by atoms with Crippen molar-refractivity contribution in [1.29, 1.82) is 0 Å². The molecule has 122 valence electrons. The van der Waals surface area contributed by atoms with Crippen LogP contribution in [-0.4, -0.2) is 27.6 Å². The minimum Gasteiger partial charge on any atom is -0.477 e. The molecule has 0 unspecified atom stereocenters. The Morgan fingerprint density at radius 3 is 2.46 bits per heavy atom. The van der Waals surface area contributed by atoms with Crippen LogP contribution in [0.2, 0.25) is 0 Å². The number of aromatic carboxylic acids is 1. The highest BCUT2D eigenvalue weighted by Gasteiger charge is 2.05. The van der Waals surface area contributed by atoms with Crippen LogP contribution in [0.3, 0.4) is 0 Å². The number of nitrogens with two attached hydrogens (primary N) is 1. The van der Waals surface area contributed by atoms with Crippen molar-refractivity contribution in [2.75, 3.05) is 6.54 Å². The number of hydrogen-bond donors (Lipinski definition) is 4. The Hall–Kier alpha value is -3.05. The van der Waals surface area contributed by atoms with Gasteiger partial charge in [0.15, 0.2) is 0 Å². The molecule has 0 atom stereocenters. The Bertz CT molecular complexity index is 936. The second-order valence-corrected chi connectivity index (χ2v) is 5.47. The summed E-state index contributed by atoms with van der Waals surface area (Å²) < 4.78 is 0. The quantitative estimate of drug-likeness (QED) is 0.465. The predicted octanol–water partition coefficient (Wildman–Crippen LogP) is 3.54. The highest BCUT2D eigenvalue weighted by molar-refractivity contribution is 5.93. The smallest absolute Gasteiger partial charge is 0.352 e. The Balaban J connectivity index is 0.000000141. The number of carbonyl (C=O) groups is 1. The molecule has 0 saturated carbocycles. The van der Waals surface area contributed by atoms with Crippen molar-refractivity contribution < 1.29 is 9.90 Å². The van der Waals surface area contributed by atoms with Gasteiger partial charge in [-0.25, -0.2) is 4.79 Å². The van der Waals surface area contributed by atoms with Crippen LogP contribution in [0.15, 0.2) is 60.8 Å². The van der Waals surface area contributed by atoms with Crippen LogP contribution < -0.4 is 5.73 Å². The van der Waals surface area contributed by atoms with E-state index in [-0.39, 0.29) is 5.69 Å². The third kappa shape index (κ3) is 3.31. The summed E-state index contributed by atoms with van der Waals surface area (Å²) in [6.45, 7) is 0.710. The fourth-order valence-electron chi connectivity index (χ4n) is 2.68. The van der Waals surface area contributed by atoms with Crippen molar-refractivity contribution >= 4 is 27.8 Å². The lowest BCUT2D eigenvalue weighted by molar-refractivity contribution is 0.0691. The van der Waals surface area contributed by atoms with Gasteiger partial charge in [-0.3, -0.25) is 0 Å². The second kappa shape index (κ2) is 7.02. The minimum atomic E-state index is -0.925. The average molecular weight is 321 g/mol. The van der Waals surface area contributed by atoms with Crippen LogP contribution >= 0.6 is 0 Å². The summed E-state index contributed by atoms with van der Waals surface area (Å²) in [7, 11) is 0. The van der Waals surface area contributed by atoms with Gasteiger partial charge in [0.25, 0.3) is 0 Å². The average Bonchev–Trinajstić information content (AvgIpc) is 3.20. The fraction of sp³-hybridized carbons (Fsp3) is 0.105. The van der Waals surface area contributed by atoms with Crippen molar-refractivity contribution in [3.05, 3.63) is 72.1 Å². The number of H-pyrrole nitrogens is 2. The van der Waals surface area contributed by atoms with E-state index in [0.29, 0.717) is 6.54 Å². The third-order valence-electron chi connectivity index (χ3n) is 3.85. The maximum atomic E-state index is 10.5. The van der Waals surface area contributed by atoms with Gasteiger partial charge < -0.3 is 20.8 Å². The number of rotatable bonds is 3. The largest absolute Gasteiger partial charge is 0.477 e. The summed E-state index contributed by atoms with van der Waals surface area (Å²) >= 11 is 0. The standard InChI is InChI=1S/C10H12N2.C9H7NO2/c11-6-5-8-7-12-10-4-2-1-3-9(8)10;11-9(12)8-5-6-3-1-2-4-7(6)10-8/h1-4,7,12H,5-6,11H2;1-5,10H,(H,11,12). The number of carboxylic acid groups (broad SMARTS) is 1. The molecule has 0 aliphatic carbocycles. The van der Waals surface area contributed by atoms with E-state index in [4.69, 9.17) is 10.8 Å². The highest BCUT2D eigenvalue weighted by atomic mass is 16.4. The number of carboxylic acids is 1. The summed E-state index contributed by atoms with van der Waals surface area (Å²) in [4.78, 5) is 16.6. The lowest BCUT2D eigenvalue weighted by Gasteiger charge is -1.93. The molecule has 0 bridgehead atoms. The molecule has 0 aliphatic heterocycles. The third-order valence-corrected chi connectivity index (χ3v) is 3.85. The van der Waals surface area contributed by atoms with Gasteiger partial charge in [-0.1, -0.05) is 36.4 Å². The first-order chi connectivity index (χ1) is 11.7. The molecule has 24 heavy (non-hydrogen) atoms. The van der Waals surface area contributed by atoms with Crippen molar-refractivity contribution in [2.45, 2.75) is 6.42 Å². The van der Waals surface area contributed by atoms with Crippen LogP contribution in [0.4, 0.5) is 0 Å². The molecule has 0 saturated heterocycles. The number of aromatic nitrogens is 2. The zero-order valence-corrected chi connectivity index (χ0v) is 13.1. The molecule has 4 aromatic rings. The molecule has 2 heterocycles. The van der Waals surface area contributed by atoms with Gasteiger partial charge in [0.1, 0.15) is 5.69 Å². The number of aromatic amines is 2. The number of benzene rings is 2. The van der Waals surface area contributed by atoms with E-state index in [2.05, 4.69) is 28.2 Å². The van der Waals surface area contributed by atoms with Gasteiger partial charge in [-0.2, -0.15) is 0 Å². The van der Waals surface area contributed by atoms with Crippen LogP contribution in [0, 0.1) is 0 Å². The van der Waals surface area contributed by atoms with E-state index in [1.165, 1.54) is 16.5 Å². The molecule has 0 radical (unpaired) electrons. The predicted molar refractivity (Wildman–Crippen MR) is 96.3 cm³/mol. The Morgan fingerprint density at radius 2 is 1.75 bits per heavy atom. The van der Waals surface area contributed by atoms with Crippen LogP contribution in [-0.2, 0) is 6.42 Å². The van der Waals surface area contributed by atoms with Crippen molar-refractivity contribution in [2.24, 2.45) is 5.73 Å². The Kier molecular flexibility index (Phi) is 4.63. The van der Waals surface area contributed by atoms with Gasteiger partial charge in [-0.05, 0) is 36.7 Å². The summed E-state index contributed by atoms with van der Waals surface area (Å²) in [6.07, 6.45) is 2.99. The van der Waals surface area contributed by atoms with Crippen LogP contribution in [0.1, 0.15) is 16.1 Å². The second-order valence-electron chi connectivity index (χ2n) is 5.47. The maximum Gasteiger partial charge on any atom is 0.352 e. The number of para-hydroxylation sites is 2. The molecule has 4 rings (SSSR count). The number of hydrogen-bond acceptors (Lipinski definition) is 2. The first-order valence-electron chi connectivity index (χ1n) is 7.75. The van der Waals surface area contributed by atoms with E-state index < -0.39 is 5.97 Å². The van der Waals surface area contributed by atoms with Gasteiger partial charge in [-0.15, -0.1) is 0 Å². The molecule has 0 aliphatic rings. The number of fused-ring (bicyclic) bond motifs is 2. The summed E-state index contributed by atoms with van der Waals surface area (Å²) in [6, 6.07) is 17.4.